The number of hydrogen-bond donors (Lipinski definition) is 1. The summed E-state index contributed by atoms with van der Waals surface area (Å²) >= 11 is 1.64. The first-order valence-electron chi connectivity index (χ1n) is 5.47. The Labute approximate surface area is 100 Å². The maximum absolute atomic E-state index is 12.0. The molecule has 0 bridgehead atoms. The van der Waals surface area contributed by atoms with Gasteiger partial charge in [-0.15, -0.1) is 11.8 Å². The van der Waals surface area contributed by atoms with Crippen LogP contribution in [0.1, 0.15) is 13.8 Å². The second-order valence-electron chi connectivity index (χ2n) is 3.78. The first-order valence-corrected chi connectivity index (χ1v) is 6.35. The number of fused-ring (bicyclic) bond motifs is 1. The molecule has 0 saturated carbocycles. The lowest BCUT2D eigenvalue weighted by Crippen LogP contribution is -2.39. The van der Waals surface area contributed by atoms with Gasteiger partial charge < -0.3 is 10.2 Å². The molecule has 1 aliphatic heterocycles. The molecule has 0 spiro atoms. The van der Waals surface area contributed by atoms with Gasteiger partial charge in [0.1, 0.15) is 0 Å². The lowest BCUT2D eigenvalue weighted by Gasteiger charge is -2.31. The topological polar surface area (TPSA) is 32.3 Å². The van der Waals surface area contributed by atoms with E-state index in [-0.39, 0.29) is 11.2 Å². The Hall–Kier alpha value is -1.16. The van der Waals surface area contributed by atoms with Crippen molar-refractivity contribution in [3.63, 3.8) is 0 Å². The molecule has 86 valence electrons. The molecule has 16 heavy (non-hydrogen) atoms. The minimum absolute atomic E-state index is 0.0212. The van der Waals surface area contributed by atoms with Gasteiger partial charge in [0.2, 0.25) is 5.91 Å². The maximum atomic E-state index is 12.0. The SMILES string of the molecule is CCN1C(=O)C(C)Sc2ccc(NC)cc21. The summed E-state index contributed by atoms with van der Waals surface area (Å²) in [4.78, 5) is 15.0. The lowest BCUT2D eigenvalue weighted by atomic mass is 10.2. The predicted octanol–water partition coefficient (Wildman–Crippen LogP) is 2.58. The number of carbonyl (C=O) groups excluding carboxylic acids is 1. The number of amides is 1. The van der Waals surface area contributed by atoms with Gasteiger partial charge in [-0.3, -0.25) is 4.79 Å². The molecule has 0 saturated heterocycles. The van der Waals surface area contributed by atoms with Crippen LogP contribution in [-0.2, 0) is 4.79 Å². The molecular formula is C12H16N2OS. The predicted molar refractivity (Wildman–Crippen MR) is 69.3 cm³/mol. The van der Waals surface area contributed by atoms with Crippen molar-refractivity contribution in [3.05, 3.63) is 18.2 Å². The Kier molecular flexibility index (Phi) is 3.10. The number of carbonyl (C=O) groups is 1. The van der Waals surface area contributed by atoms with E-state index in [0.717, 1.165) is 17.9 Å². The monoisotopic (exact) mass is 236 g/mol. The molecule has 1 aromatic carbocycles. The zero-order valence-electron chi connectivity index (χ0n) is 9.78. The molecular weight excluding hydrogens is 220 g/mol. The van der Waals surface area contributed by atoms with Gasteiger partial charge in [0.15, 0.2) is 0 Å². The second kappa shape index (κ2) is 4.37. The molecule has 1 aromatic rings. The third-order valence-corrected chi connectivity index (χ3v) is 3.93. The molecule has 0 radical (unpaired) electrons. The number of benzene rings is 1. The van der Waals surface area contributed by atoms with Crippen LogP contribution in [0.25, 0.3) is 0 Å². The van der Waals surface area contributed by atoms with Crippen LogP contribution >= 0.6 is 11.8 Å². The highest BCUT2D eigenvalue weighted by Crippen LogP contribution is 2.40. The van der Waals surface area contributed by atoms with Crippen LogP contribution < -0.4 is 10.2 Å². The van der Waals surface area contributed by atoms with Crippen molar-refractivity contribution in [1.29, 1.82) is 0 Å². The smallest absolute Gasteiger partial charge is 0.240 e. The third-order valence-electron chi connectivity index (χ3n) is 2.77. The average molecular weight is 236 g/mol. The van der Waals surface area contributed by atoms with E-state index in [4.69, 9.17) is 0 Å². The van der Waals surface area contributed by atoms with Crippen LogP contribution in [0.3, 0.4) is 0 Å². The molecule has 1 unspecified atom stereocenters. The number of hydrogen-bond acceptors (Lipinski definition) is 3. The zero-order chi connectivity index (χ0) is 11.7. The van der Waals surface area contributed by atoms with Crippen LogP contribution in [0.2, 0.25) is 0 Å². The normalized spacial score (nSPS) is 19.6. The summed E-state index contributed by atoms with van der Waals surface area (Å²) in [5.74, 6) is 0.202. The highest BCUT2D eigenvalue weighted by atomic mass is 32.2. The molecule has 1 heterocycles. The molecule has 1 atom stereocenters. The maximum Gasteiger partial charge on any atom is 0.240 e. The van der Waals surface area contributed by atoms with Gasteiger partial charge in [0, 0.05) is 24.2 Å². The second-order valence-corrected chi connectivity index (χ2v) is 5.16. The van der Waals surface area contributed by atoms with Crippen molar-refractivity contribution >= 4 is 29.0 Å². The Morgan fingerprint density at radius 1 is 1.50 bits per heavy atom. The zero-order valence-corrected chi connectivity index (χ0v) is 10.6. The number of nitrogens with one attached hydrogen (secondary N) is 1. The Balaban J connectivity index is 2.48. The van der Waals surface area contributed by atoms with Crippen molar-refractivity contribution in [3.8, 4) is 0 Å². The molecule has 1 N–H and O–H groups in total. The van der Waals surface area contributed by atoms with E-state index in [1.807, 2.05) is 37.9 Å². The molecule has 0 aromatic heterocycles. The summed E-state index contributed by atoms with van der Waals surface area (Å²) in [6, 6.07) is 6.16. The third kappa shape index (κ3) is 1.78. The van der Waals surface area contributed by atoms with Crippen LogP contribution in [0.5, 0.6) is 0 Å². The van der Waals surface area contributed by atoms with Gasteiger partial charge in [0.25, 0.3) is 0 Å². The van der Waals surface area contributed by atoms with Crippen LogP contribution in [0, 0.1) is 0 Å². The van der Waals surface area contributed by atoms with E-state index < -0.39 is 0 Å². The van der Waals surface area contributed by atoms with Gasteiger partial charge in [-0.1, -0.05) is 0 Å². The van der Waals surface area contributed by atoms with Gasteiger partial charge in [0.05, 0.1) is 10.9 Å². The van der Waals surface area contributed by atoms with Gasteiger partial charge in [-0.05, 0) is 32.0 Å². The summed E-state index contributed by atoms with van der Waals surface area (Å²) in [5.41, 5.74) is 2.07. The highest BCUT2D eigenvalue weighted by molar-refractivity contribution is 8.00. The van der Waals surface area contributed by atoms with Crippen molar-refractivity contribution in [1.82, 2.24) is 0 Å². The fraction of sp³-hybridized carbons (Fsp3) is 0.417. The summed E-state index contributed by atoms with van der Waals surface area (Å²) < 4.78 is 0. The first kappa shape index (κ1) is 11.3. The fourth-order valence-electron chi connectivity index (χ4n) is 1.89. The number of rotatable bonds is 2. The standard InChI is InChI=1S/C12H16N2OS/c1-4-14-10-7-9(13-3)5-6-11(10)16-8(2)12(14)15/h5-8,13H,4H2,1-3H3. The highest BCUT2D eigenvalue weighted by Gasteiger charge is 2.29. The van der Waals surface area contributed by atoms with E-state index in [9.17, 15) is 4.79 Å². The summed E-state index contributed by atoms with van der Waals surface area (Å²) in [6.07, 6.45) is 0. The van der Waals surface area contributed by atoms with E-state index >= 15 is 0 Å². The molecule has 0 fully saturated rings. The van der Waals surface area contributed by atoms with Crippen LogP contribution in [0.4, 0.5) is 11.4 Å². The van der Waals surface area contributed by atoms with Gasteiger partial charge >= 0.3 is 0 Å². The summed E-state index contributed by atoms with van der Waals surface area (Å²) in [7, 11) is 1.89. The Morgan fingerprint density at radius 2 is 2.25 bits per heavy atom. The van der Waals surface area contributed by atoms with E-state index in [0.29, 0.717) is 0 Å². The van der Waals surface area contributed by atoms with Crippen molar-refractivity contribution in [2.45, 2.75) is 24.0 Å². The summed E-state index contributed by atoms with van der Waals surface area (Å²) in [5, 5.41) is 3.12. The minimum atomic E-state index is 0.0212. The molecule has 2 rings (SSSR count). The molecule has 0 aliphatic carbocycles. The Bertz CT molecular complexity index is 419. The molecule has 1 amide bonds. The van der Waals surface area contributed by atoms with Crippen molar-refractivity contribution in [2.75, 3.05) is 23.8 Å². The Morgan fingerprint density at radius 3 is 2.88 bits per heavy atom. The molecule has 3 nitrogen and oxygen atoms in total. The van der Waals surface area contributed by atoms with E-state index in [1.165, 1.54) is 4.90 Å². The summed E-state index contributed by atoms with van der Waals surface area (Å²) in [6.45, 7) is 4.70. The largest absolute Gasteiger partial charge is 0.388 e. The lowest BCUT2D eigenvalue weighted by molar-refractivity contribution is -0.117. The van der Waals surface area contributed by atoms with Crippen molar-refractivity contribution < 1.29 is 4.79 Å². The molecule has 4 heteroatoms. The van der Waals surface area contributed by atoms with Gasteiger partial charge in [-0.2, -0.15) is 0 Å². The van der Waals surface area contributed by atoms with Crippen molar-refractivity contribution in [2.24, 2.45) is 0 Å². The molecule has 1 aliphatic rings. The first-order chi connectivity index (χ1) is 7.67. The average Bonchev–Trinajstić information content (AvgIpc) is 2.30. The number of anilines is 2. The quantitative estimate of drug-likeness (QED) is 0.856. The number of thioether (sulfide) groups is 1. The van der Waals surface area contributed by atoms with Crippen LogP contribution in [-0.4, -0.2) is 24.7 Å². The van der Waals surface area contributed by atoms with E-state index in [2.05, 4.69) is 11.4 Å². The minimum Gasteiger partial charge on any atom is -0.388 e. The number of nitrogens with zero attached hydrogens (tertiary/aromatic N) is 1. The van der Waals surface area contributed by atoms with E-state index in [1.54, 1.807) is 11.8 Å². The van der Waals surface area contributed by atoms with Crippen LogP contribution in [0.15, 0.2) is 23.1 Å². The fourth-order valence-corrected chi connectivity index (χ4v) is 2.93. The van der Waals surface area contributed by atoms with Gasteiger partial charge in [-0.25, -0.2) is 0 Å².